The Balaban J connectivity index is 2.00. The lowest BCUT2D eigenvalue weighted by Gasteiger charge is -2.08. The molecule has 1 amide bonds. The van der Waals surface area contributed by atoms with Crippen molar-refractivity contribution < 1.29 is 4.79 Å². The summed E-state index contributed by atoms with van der Waals surface area (Å²) in [6, 6.07) is 0. The Morgan fingerprint density at radius 2 is 2.32 bits per heavy atom. The highest BCUT2D eigenvalue weighted by atomic mass is 16.2. The molecule has 2 aromatic rings. The highest BCUT2D eigenvalue weighted by Crippen LogP contribution is 2.15. The topological polar surface area (TPSA) is 90.8 Å². The predicted octanol–water partition coefficient (Wildman–Crippen LogP) is 0.420. The molecular weight excluding hydrogens is 244 g/mol. The van der Waals surface area contributed by atoms with Gasteiger partial charge in [-0.3, -0.25) is 9.48 Å². The molecule has 3 N–H and O–H groups in total. The van der Waals surface area contributed by atoms with Crippen molar-refractivity contribution in [3.8, 4) is 0 Å². The summed E-state index contributed by atoms with van der Waals surface area (Å²) in [5.74, 6) is -0.194. The number of aromatic nitrogens is 4. The van der Waals surface area contributed by atoms with Crippen molar-refractivity contribution >= 4 is 11.6 Å². The summed E-state index contributed by atoms with van der Waals surface area (Å²) < 4.78 is 3.52. The van der Waals surface area contributed by atoms with Gasteiger partial charge in [0.2, 0.25) is 0 Å². The van der Waals surface area contributed by atoms with Crippen molar-refractivity contribution in [2.75, 3.05) is 12.3 Å². The molecule has 0 aliphatic carbocycles. The fourth-order valence-electron chi connectivity index (χ4n) is 1.86. The van der Waals surface area contributed by atoms with Gasteiger partial charge in [-0.1, -0.05) is 0 Å². The summed E-state index contributed by atoms with van der Waals surface area (Å²) >= 11 is 0. The van der Waals surface area contributed by atoms with Gasteiger partial charge in [0.05, 0.1) is 17.7 Å². The molecule has 0 saturated carbocycles. The van der Waals surface area contributed by atoms with Crippen LogP contribution in [0, 0.1) is 6.92 Å². The fourth-order valence-corrected chi connectivity index (χ4v) is 1.86. The van der Waals surface area contributed by atoms with Crippen LogP contribution < -0.4 is 11.1 Å². The second-order valence-corrected chi connectivity index (χ2v) is 4.22. The third-order valence-electron chi connectivity index (χ3n) is 2.90. The minimum Gasteiger partial charge on any atom is -0.395 e. The van der Waals surface area contributed by atoms with Crippen LogP contribution >= 0.6 is 0 Å². The first kappa shape index (κ1) is 13.1. The number of aryl methyl sites for hydroxylation is 2. The van der Waals surface area contributed by atoms with Crippen molar-refractivity contribution in [3.05, 3.63) is 30.1 Å². The van der Waals surface area contributed by atoms with Crippen LogP contribution in [0.4, 0.5) is 5.69 Å². The van der Waals surface area contributed by atoms with Crippen LogP contribution in [0.15, 0.2) is 18.7 Å². The number of carbonyl (C=O) groups excluding carboxylic acids is 1. The molecule has 2 heterocycles. The van der Waals surface area contributed by atoms with Crippen LogP contribution in [-0.4, -0.2) is 31.8 Å². The summed E-state index contributed by atoms with van der Waals surface area (Å²) in [4.78, 5) is 16.0. The molecule has 0 spiro atoms. The second kappa shape index (κ2) is 5.55. The lowest BCUT2D eigenvalue weighted by Crippen LogP contribution is -2.29. The van der Waals surface area contributed by atoms with Gasteiger partial charge in [-0.25, -0.2) is 4.98 Å². The Morgan fingerprint density at radius 3 is 2.95 bits per heavy atom. The maximum absolute atomic E-state index is 12.1. The average molecular weight is 262 g/mol. The Labute approximate surface area is 111 Å². The van der Waals surface area contributed by atoms with Gasteiger partial charge in [0.25, 0.3) is 5.91 Å². The molecule has 2 rings (SSSR count). The molecule has 7 heteroatoms. The van der Waals surface area contributed by atoms with Gasteiger partial charge in [-0.15, -0.1) is 0 Å². The summed E-state index contributed by atoms with van der Waals surface area (Å²) in [6.07, 6.45) is 5.26. The van der Waals surface area contributed by atoms with Crippen LogP contribution in [-0.2, 0) is 13.1 Å². The predicted molar refractivity (Wildman–Crippen MR) is 71.6 cm³/mol. The maximum atomic E-state index is 12.1. The van der Waals surface area contributed by atoms with E-state index in [1.165, 1.54) is 0 Å². The van der Waals surface area contributed by atoms with Crippen molar-refractivity contribution in [1.82, 2.24) is 24.6 Å². The van der Waals surface area contributed by atoms with Gasteiger partial charge in [0.1, 0.15) is 5.69 Å². The first-order valence-electron chi connectivity index (χ1n) is 6.20. The third-order valence-corrected chi connectivity index (χ3v) is 2.90. The molecule has 0 aliphatic rings. The number of carbonyl (C=O) groups is 1. The molecule has 0 bridgehead atoms. The number of nitrogens with zero attached hydrogens (tertiary/aromatic N) is 4. The van der Waals surface area contributed by atoms with Gasteiger partial charge >= 0.3 is 0 Å². The van der Waals surface area contributed by atoms with E-state index in [9.17, 15) is 4.79 Å². The molecule has 0 atom stereocenters. The Hall–Kier alpha value is -2.31. The molecule has 102 valence electrons. The Morgan fingerprint density at radius 1 is 1.53 bits per heavy atom. The second-order valence-electron chi connectivity index (χ2n) is 4.22. The first-order valence-corrected chi connectivity index (χ1v) is 6.20. The Bertz CT molecular complexity index is 557. The lowest BCUT2D eigenvalue weighted by atomic mass is 10.3. The van der Waals surface area contributed by atoms with E-state index in [4.69, 9.17) is 5.73 Å². The molecule has 0 saturated heterocycles. The van der Waals surface area contributed by atoms with Crippen LogP contribution in [0.3, 0.4) is 0 Å². The number of nitrogen functional groups attached to an aromatic ring is 1. The van der Waals surface area contributed by atoms with E-state index in [2.05, 4.69) is 15.4 Å². The van der Waals surface area contributed by atoms with Gasteiger partial charge in [-0.2, -0.15) is 5.10 Å². The SMILES string of the molecule is CCn1nc(C)c(N)c1C(=O)NCCn1ccnc1. The van der Waals surface area contributed by atoms with Crippen molar-refractivity contribution in [2.24, 2.45) is 0 Å². The minimum atomic E-state index is -0.194. The third kappa shape index (κ3) is 2.75. The van der Waals surface area contributed by atoms with Crippen LogP contribution in [0.1, 0.15) is 23.1 Å². The Kier molecular flexibility index (Phi) is 3.84. The minimum absolute atomic E-state index is 0.194. The molecule has 0 radical (unpaired) electrons. The quantitative estimate of drug-likeness (QED) is 0.817. The van der Waals surface area contributed by atoms with E-state index in [0.717, 1.165) is 0 Å². The molecule has 7 nitrogen and oxygen atoms in total. The standard InChI is InChI=1S/C12H18N6O/c1-3-18-11(10(13)9(2)16-18)12(19)15-5-7-17-6-4-14-8-17/h4,6,8H,3,5,7,13H2,1-2H3,(H,15,19). The summed E-state index contributed by atoms with van der Waals surface area (Å²) in [5.41, 5.74) is 7.45. The van der Waals surface area contributed by atoms with E-state index in [1.807, 2.05) is 17.7 Å². The van der Waals surface area contributed by atoms with Gasteiger partial charge in [0, 0.05) is 32.0 Å². The number of hydrogen-bond donors (Lipinski definition) is 2. The number of imidazole rings is 1. The van der Waals surface area contributed by atoms with Crippen molar-refractivity contribution in [2.45, 2.75) is 26.9 Å². The van der Waals surface area contributed by atoms with Gasteiger partial charge in [0.15, 0.2) is 0 Å². The summed E-state index contributed by atoms with van der Waals surface area (Å²) in [7, 11) is 0. The van der Waals surface area contributed by atoms with Crippen molar-refractivity contribution in [3.63, 3.8) is 0 Å². The van der Waals surface area contributed by atoms with Crippen LogP contribution in [0.2, 0.25) is 0 Å². The number of nitrogens with two attached hydrogens (primary N) is 1. The lowest BCUT2D eigenvalue weighted by molar-refractivity contribution is 0.0942. The highest BCUT2D eigenvalue weighted by molar-refractivity contribution is 5.97. The van der Waals surface area contributed by atoms with E-state index in [1.54, 1.807) is 24.1 Å². The monoisotopic (exact) mass is 262 g/mol. The molecule has 0 unspecified atom stereocenters. The molecule has 0 aliphatic heterocycles. The van der Waals surface area contributed by atoms with E-state index in [0.29, 0.717) is 36.7 Å². The molecule has 0 aromatic carbocycles. The van der Waals surface area contributed by atoms with Crippen molar-refractivity contribution in [1.29, 1.82) is 0 Å². The molecule has 19 heavy (non-hydrogen) atoms. The van der Waals surface area contributed by atoms with Crippen LogP contribution in [0.5, 0.6) is 0 Å². The number of nitrogens with one attached hydrogen (secondary N) is 1. The molecule has 2 aromatic heterocycles. The van der Waals surface area contributed by atoms with Crippen LogP contribution in [0.25, 0.3) is 0 Å². The first-order chi connectivity index (χ1) is 9.13. The van der Waals surface area contributed by atoms with Gasteiger partial charge in [-0.05, 0) is 13.8 Å². The fraction of sp³-hybridized carbons (Fsp3) is 0.417. The maximum Gasteiger partial charge on any atom is 0.271 e. The number of amides is 1. The molecule has 0 fully saturated rings. The smallest absolute Gasteiger partial charge is 0.271 e. The largest absolute Gasteiger partial charge is 0.395 e. The summed E-state index contributed by atoms with van der Waals surface area (Å²) in [6.45, 7) is 5.52. The zero-order valence-electron chi connectivity index (χ0n) is 11.1. The van der Waals surface area contributed by atoms with Gasteiger partial charge < -0.3 is 15.6 Å². The number of rotatable bonds is 5. The van der Waals surface area contributed by atoms with E-state index >= 15 is 0 Å². The number of hydrogen-bond acceptors (Lipinski definition) is 4. The summed E-state index contributed by atoms with van der Waals surface area (Å²) in [5, 5.41) is 7.06. The number of anilines is 1. The zero-order valence-corrected chi connectivity index (χ0v) is 11.1. The highest BCUT2D eigenvalue weighted by Gasteiger charge is 2.18. The molecular formula is C12H18N6O. The van der Waals surface area contributed by atoms with E-state index in [-0.39, 0.29) is 5.91 Å². The normalized spacial score (nSPS) is 10.6. The van der Waals surface area contributed by atoms with E-state index < -0.39 is 0 Å². The zero-order chi connectivity index (χ0) is 13.8. The average Bonchev–Trinajstić information content (AvgIpc) is 2.99.